The van der Waals surface area contributed by atoms with E-state index < -0.39 is 18.0 Å². The molecular formula is C19H16FNO4S. The van der Waals surface area contributed by atoms with Crippen LogP contribution in [-0.2, 0) is 9.53 Å². The monoisotopic (exact) mass is 373 g/mol. The summed E-state index contributed by atoms with van der Waals surface area (Å²) in [6.45, 7) is 1.49. The minimum Gasteiger partial charge on any atom is -0.497 e. The fourth-order valence-corrected chi connectivity index (χ4v) is 3.23. The van der Waals surface area contributed by atoms with E-state index in [-0.39, 0.29) is 5.82 Å². The van der Waals surface area contributed by atoms with Crippen LogP contribution in [0.3, 0.4) is 0 Å². The number of nitrogens with one attached hydrogen (secondary N) is 1. The zero-order valence-corrected chi connectivity index (χ0v) is 14.9. The second-order valence-corrected chi connectivity index (χ2v) is 6.64. The third-order valence-electron chi connectivity index (χ3n) is 3.69. The van der Waals surface area contributed by atoms with Crippen molar-refractivity contribution in [2.45, 2.75) is 13.0 Å². The number of carbonyl (C=O) groups excluding carboxylic acids is 2. The molecule has 0 aliphatic carbocycles. The minimum atomic E-state index is -0.980. The summed E-state index contributed by atoms with van der Waals surface area (Å²) in [5.74, 6) is -0.772. The molecule has 2 aromatic carbocycles. The van der Waals surface area contributed by atoms with E-state index in [0.717, 1.165) is 4.70 Å². The summed E-state index contributed by atoms with van der Waals surface area (Å²) in [7, 11) is 1.55. The van der Waals surface area contributed by atoms with Gasteiger partial charge in [-0.2, -0.15) is 0 Å². The average Bonchev–Trinajstić information content (AvgIpc) is 3.05. The number of carbonyl (C=O) groups is 2. The molecule has 0 aliphatic heterocycles. The van der Waals surface area contributed by atoms with Crippen molar-refractivity contribution in [1.29, 1.82) is 0 Å². The first-order valence-electron chi connectivity index (χ1n) is 7.81. The first kappa shape index (κ1) is 17.9. The number of ether oxygens (including phenoxy) is 2. The number of hydrogen-bond acceptors (Lipinski definition) is 5. The van der Waals surface area contributed by atoms with Gasteiger partial charge >= 0.3 is 5.97 Å². The van der Waals surface area contributed by atoms with E-state index in [1.165, 1.54) is 30.4 Å². The van der Waals surface area contributed by atoms with Crippen LogP contribution in [0, 0.1) is 5.82 Å². The van der Waals surface area contributed by atoms with Gasteiger partial charge in [0.25, 0.3) is 5.91 Å². The highest BCUT2D eigenvalue weighted by molar-refractivity contribution is 7.20. The predicted molar refractivity (Wildman–Crippen MR) is 98.3 cm³/mol. The molecule has 7 heteroatoms. The fourth-order valence-electron chi connectivity index (χ4n) is 2.31. The molecule has 0 bridgehead atoms. The lowest BCUT2D eigenvalue weighted by Crippen LogP contribution is -2.29. The maximum atomic E-state index is 13.2. The van der Waals surface area contributed by atoms with E-state index in [0.29, 0.717) is 21.7 Å². The van der Waals surface area contributed by atoms with Crippen molar-refractivity contribution in [3.05, 3.63) is 59.2 Å². The van der Waals surface area contributed by atoms with Crippen molar-refractivity contribution in [3.63, 3.8) is 0 Å². The zero-order chi connectivity index (χ0) is 18.7. The third kappa shape index (κ3) is 4.00. The summed E-state index contributed by atoms with van der Waals surface area (Å²) in [6, 6.07) is 12.6. The molecule has 1 atom stereocenters. The fraction of sp³-hybridized carbons (Fsp3) is 0.158. The Hall–Kier alpha value is -2.93. The summed E-state index contributed by atoms with van der Waals surface area (Å²) in [5, 5.41) is 3.29. The average molecular weight is 373 g/mol. The first-order chi connectivity index (χ1) is 12.5. The van der Waals surface area contributed by atoms with E-state index >= 15 is 0 Å². The number of esters is 1. The largest absolute Gasteiger partial charge is 0.497 e. The number of hydrogen-bond donors (Lipinski definition) is 1. The van der Waals surface area contributed by atoms with Crippen LogP contribution in [-0.4, -0.2) is 25.1 Å². The highest BCUT2D eigenvalue weighted by atomic mass is 32.1. The Bertz CT molecular complexity index is 952. The molecule has 1 amide bonds. The number of halogens is 1. The van der Waals surface area contributed by atoms with Gasteiger partial charge in [-0.05, 0) is 60.8 Å². The molecule has 3 rings (SSSR count). The van der Waals surface area contributed by atoms with Crippen LogP contribution in [0.1, 0.15) is 16.6 Å². The normalized spacial score (nSPS) is 11.8. The molecule has 1 N–H and O–H groups in total. The quantitative estimate of drug-likeness (QED) is 0.680. The van der Waals surface area contributed by atoms with Crippen molar-refractivity contribution in [2.75, 3.05) is 12.4 Å². The summed E-state index contributed by atoms with van der Waals surface area (Å²) in [5.41, 5.74) is 0.566. The second kappa shape index (κ2) is 7.53. The summed E-state index contributed by atoms with van der Waals surface area (Å²) >= 11 is 1.19. The number of anilines is 1. The molecule has 26 heavy (non-hydrogen) atoms. The lowest BCUT2D eigenvalue weighted by molar-refractivity contribution is -0.123. The maximum Gasteiger partial charge on any atom is 0.349 e. The maximum absolute atomic E-state index is 13.2. The molecular weight excluding hydrogens is 357 g/mol. The Morgan fingerprint density at radius 3 is 2.54 bits per heavy atom. The van der Waals surface area contributed by atoms with Crippen molar-refractivity contribution in [2.24, 2.45) is 0 Å². The van der Waals surface area contributed by atoms with Gasteiger partial charge in [-0.3, -0.25) is 4.79 Å². The van der Waals surface area contributed by atoms with E-state index in [1.54, 1.807) is 43.5 Å². The van der Waals surface area contributed by atoms with Gasteiger partial charge in [0.2, 0.25) is 0 Å². The van der Waals surface area contributed by atoms with E-state index in [4.69, 9.17) is 9.47 Å². The van der Waals surface area contributed by atoms with E-state index in [2.05, 4.69) is 5.32 Å². The standard InChI is InChI=1S/C19H16FNO4S/c1-11(18(22)21-14-4-6-15(24-2)7-5-14)25-19(23)17-10-12-9-13(20)3-8-16(12)26-17/h3-11H,1-2H3,(H,21,22)/t11-/m1/s1. The van der Waals surface area contributed by atoms with Gasteiger partial charge in [-0.1, -0.05) is 0 Å². The molecule has 0 aliphatic rings. The highest BCUT2D eigenvalue weighted by Crippen LogP contribution is 2.27. The number of thiophene rings is 1. The van der Waals surface area contributed by atoms with Gasteiger partial charge in [-0.25, -0.2) is 9.18 Å². The molecule has 1 aromatic heterocycles. The van der Waals surface area contributed by atoms with Crippen molar-refractivity contribution < 1.29 is 23.5 Å². The van der Waals surface area contributed by atoms with Crippen molar-refractivity contribution in [3.8, 4) is 5.75 Å². The molecule has 0 spiro atoms. The van der Waals surface area contributed by atoms with Crippen molar-refractivity contribution in [1.82, 2.24) is 0 Å². The Balaban J connectivity index is 1.64. The molecule has 134 valence electrons. The number of rotatable bonds is 5. The van der Waals surface area contributed by atoms with Gasteiger partial charge in [0.1, 0.15) is 16.4 Å². The molecule has 1 heterocycles. The Morgan fingerprint density at radius 2 is 1.85 bits per heavy atom. The van der Waals surface area contributed by atoms with Crippen LogP contribution in [0.5, 0.6) is 5.75 Å². The van der Waals surface area contributed by atoms with Crippen LogP contribution in [0.4, 0.5) is 10.1 Å². The molecule has 0 saturated heterocycles. The first-order valence-corrected chi connectivity index (χ1v) is 8.63. The van der Waals surface area contributed by atoms with Gasteiger partial charge in [0, 0.05) is 10.4 Å². The van der Waals surface area contributed by atoms with Gasteiger partial charge in [0.15, 0.2) is 6.10 Å². The highest BCUT2D eigenvalue weighted by Gasteiger charge is 2.20. The van der Waals surface area contributed by atoms with E-state index in [9.17, 15) is 14.0 Å². The van der Waals surface area contributed by atoms with Crippen LogP contribution in [0.15, 0.2) is 48.5 Å². The van der Waals surface area contributed by atoms with Crippen LogP contribution >= 0.6 is 11.3 Å². The summed E-state index contributed by atoms with van der Waals surface area (Å²) in [6.07, 6.45) is -0.980. The van der Waals surface area contributed by atoms with Crippen LogP contribution in [0.25, 0.3) is 10.1 Å². The Kier molecular flexibility index (Phi) is 5.18. The Labute approximate surface area is 153 Å². The van der Waals surface area contributed by atoms with Gasteiger partial charge in [0.05, 0.1) is 7.11 Å². The zero-order valence-electron chi connectivity index (χ0n) is 14.1. The lowest BCUT2D eigenvalue weighted by Gasteiger charge is -2.13. The van der Waals surface area contributed by atoms with Crippen LogP contribution < -0.4 is 10.1 Å². The molecule has 0 saturated carbocycles. The predicted octanol–water partition coefficient (Wildman–Crippen LogP) is 4.23. The summed E-state index contributed by atoms with van der Waals surface area (Å²) in [4.78, 5) is 24.7. The van der Waals surface area contributed by atoms with E-state index in [1.807, 2.05) is 0 Å². The molecule has 3 aromatic rings. The topological polar surface area (TPSA) is 64.6 Å². The van der Waals surface area contributed by atoms with Crippen molar-refractivity contribution >= 4 is 39.0 Å². The number of methoxy groups -OCH3 is 1. The second-order valence-electron chi connectivity index (χ2n) is 5.56. The molecule has 5 nitrogen and oxygen atoms in total. The lowest BCUT2D eigenvalue weighted by atomic mass is 10.2. The Morgan fingerprint density at radius 1 is 1.12 bits per heavy atom. The van der Waals surface area contributed by atoms with Crippen LogP contribution in [0.2, 0.25) is 0 Å². The SMILES string of the molecule is COc1ccc(NC(=O)[C@@H](C)OC(=O)c2cc3cc(F)ccc3s2)cc1. The number of amides is 1. The molecule has 0 fully saturated rings. The number of fused-ring (bicyclic) bond motifs is 1. The minimum absolute atomic E-state index is 0.315. The third-order valence-corrected chi connectivity index (χ3v) is 4.79. The van der Waals surface area contributed by atoms with Gasteiger partial charge in [-0.15, -0.1) is 11.3 Å². The number of benzene rings is 2. The molecule has 0 unspecified atom stereocenters. The smallest absolute Gasteiger partial charge is 0.349 e. The summed E-state index contributed by atoms with van der Waals surface area (Å²) < 4.78 is 24.3. The van der Waals surface area contributed by atoms with Gasteiger partial charge < -0.3 is 14.8 Å². The molecule has 0 radical (unpaired) electrons.